The van der Waals surface area contributed by atoms with E-state index in [1.54, 1.807) is 13.8 Å². The normalized spacial score (nSPS) is 18.5. The van der Waals surface area contributed by atoms with E-state index in [1.807, 2.05) is 4.90 Å². The van der Waals surface area contributed by atoms with Gasteiger partial charge in [-0.3, -0.25) is 24.1 Å². The standard InChI is InChI=1S/C17H23N3O4/c1-12(22)13-6-8-18-20(13)16(24)14-5-4-9-19(14)10-7-17(2,3)15(23)11-21/h6,8,11,14H,4-5,7,9-10H2,1-3H3. The molecule has 0 aromatic carbocycles. The summed E-state index contributed by atoms with van der Waals surface area (Å²) < 4.78 is 1.17. The lowest BCUT2D eigenvalue weighted by Crippen LogP contribution is -2.42. The van der Waals surface area contributed by atoms with Crippen LogP contribution in [0, 0.1) is 5.41 Å². The van der Waals surface area contributed by atoms with Crippen molar-refractivity contribution in [3.63, 3.8) is 0 Å². The Bertz CT molecular complexity index is 663. The lowest BCUT2D eigenvalue weighted by Gasteiger charge is -2.27. The Morgan fingerprint density at radius 1 is 1.38 bits per heavy atom. The third-order valence-corrected chi connectivity index (χ3v) is 4.66. The molecule has 0 radical (unpaired) electrons. The van der Waals surface area contributed by atoms with Crippen molar-refractivity contribution < 1.29 is 19.2 Å². The maximum absolute atomic E-state index is 12.7. The van der Waals surface area contributed by atoms with E-state index in [0.717, 1.165) is 13.0 Å². The Hall–Kier alpha value is -2.15. The van der Waals surface area contributed by atoms with Crippen LogP contribution in [0.1, 0.15) is 55.3 Å². The molecule has 1 fully saturated rings. The monoisotopic (exact) mass is 333 g/mol. The highest BCUT2D eigenvalue weighted by atomic mass is 16.2. The minimum absolute atomic E-state index is 0.205. The molecule has 1 aliphatic heterocycles. The van der Waals surface area contributed by atoms with Crippen LogP contribution in [0.25, 0.3) is 0 Å². The van der Waals surface area contributed by atoms with Gasteiger partial charge in [0.05, 0.1) is 12.2 Å². The van der Waals surface area contributed by atoms with Gasteiger partial charge >= 0.3 is 0 Å². The molecule has 1 aliphatic rings. The number of hydrogen-bond acceptors (Lipinski definition) is 6. The van der Waals surface area contributed by atoms with E-state index in [4.69, 9.17) is 0 Å². The molecule has 1 aromatic heterocycles. The number of hydrogen-bond donors (Lipinski definition) is 0. The van der Waals surface area contributed by atoms with Gasteiger partial charge in [0.25, 0.3) is 5.91 Å². The molecule has 0 bridgehead atoms. The third-order valence-electron chi connectivity index (χ3n) is 4.66. The lowest BCUT2D eigenvalue weighted by atomic mass is 9.85. The number of carbonyl (C=O) groups excluding carboxylic acids is 4. The lowest BCUT2D eigenvalue weighted by molar-refractivity contribution is -0.136. The van der Waals surface area contributed by atoms with Gasteiger partial charge in [0.2, 0.25) is 5.78 Å². The van der Waals surface area contributed by atoms with Crippen molar-refractivity contribution in [3.8, 4) is 0 Å². The van der Waals surface area contributed by atoms with E-state index >= 15 is 0 Å². The fourth-order valence-electron chi connectivity index (χ4n) is 2.97. The quantitative estimate of drug-likeness (QED) is 0.425. The minimum atomic E-state index is -0.742. The van der Waals surface area contributed by atoms with Gasteiger partial charge in [0.1, 0.15) is 5.69 Å². The Morgan fingerprint density at radius 2 is 2.08 bits per heavy atom. The molecule has 1 atom stereocenters. The first-order valence-electron chi connectivity index (χ1n) is 8.11. The van der Waals surface area contributed by atoms with Crippen LogP contribution >= 0.6 is 0 Å². The Balaban J connectivity index is 2.09. The Kier molecular flexibility index (Phi) is 5.43. The van der Waals surface area contributed by atoms with E-state index in [-0.39, 0.29) is 23.4 Å². The molecule has 24 heavy (non-hydrogen) atoms. The zero-order valence-electron chi connectivity index (χ0n) is 14.3. The number of Topliss-reactive ketones (excluding diaryl/α,β-unsaturated/α-hetero) is 2. The van der Waals surface area contributed by atoms with Gasteiger partial charge in [-0.2, -0.15) is 9.78 Å². The van der Waals surface area contributed by atoms with Crippen LogP contribution in [0.15, 0.2) is 12.3 Å². The van der Waals surface area contributed by atoms with Gasteiger partial charge in [-0.1, -0.05) is 13.8 Å². The molecule has 0 saturated carbocycles. The molecule has 1 aromatic rings. The summed E-state index contributed by atoms with van der Waals surface area (Å²) in [5.74, 6) is -0.860. The zero-order chi connectivity index (χ0) is 17.9. The topological polar surface area (TPSA) is 89.3 Å². The summed E-state index contributed by atoms with van der Waals surface area (Å²) in [4.78, 5) is 48.7. The summed E-state index contributed by atoms with van der Waals surface area (Å²) in [5.41, 5.74) is -0.461. The van der Waals surface area contributed by atoms with E-state index in [9.17, 15) is 19.2 Å². The van der Waals surface area contributed by atoms with Crippen LogP contribution in [-0.2, 0) is 9.59 Å². The predicted octanol–water partition coefficient (Wildman–Crippen LogP) is 1.37. The first kappa shape index (κ1) is 18.2. The number of rotatable bonds is 7. The number of carbonyl (C=O) groups is 4. The van der Waals surface area contributed by atoms with Crippen molar-refractivity contribution in [1.82, 2.24) is 14.7 Å². The molecule has 130 valence electrons. The molecule has 0 spiro atoms. The van der Waals surface area contributed by atoms with Crippen molar-refractivity contribution in [2.24, 2.45) is 5.41 Å². The first-order valence-corrected chi connectivity index (χ1v) is 8.11. The SMILES string of the molecule is CC(=O)c1ccnn1C(=O)C1CCCN1CCC(C)(C)C(=O)C=O. The smallest absolute Gasteiger partial charge is 0.264 e. The number of ketones is 2. The number of aldehydes is 1. The van der Waals surface area contributed by atoms with Gasteiger partial charge in [-0.25, -0.2) is 0 Å². The highest BCUT2D eigenvalue weighted by Gasteiger charge is 2.35. The van der Waals surface area contributed by atoms with Gasteiger partial charge in [0, 0.05) is 12.3 Å². The highest BCUT2D eigenvalue weighted by Crippen LogP contribution is 2.25. The molecular weight excluding hydrogens is 310 g/mol. The van der Waals surface area contributed by atoms with Crippen molar-refractivity contribution >= 4 is 23.8 Å². The van der Waals surface area contributed by atoms with E-state index in [2.05, 4.69) is 5.10 Å². The first-order chi connectivity index (χ1) is 11.3. The summed E-state index contributed by atoms with van der Waals surface area (Å²) >= 11 is 0. The second kappa shape index (κ2) is 7.17. The van der Waals surface area contributed by atoms with Gasteiger partial charge in [0.15, 0.2) is 12.1 Å². The number of aromatic nitrogens is 2. The van der Waals surface area contributed by atoms with E-state index in [0.29, 0.717) is 25.7 Å². The zero-order valence-corrected chi connectivity index (χ0v) is 14.3. The number of nitrogens with zero attached hydrogens (tertiary/aromatic N) is 3. The summed E-state index contributed by atoms with van der Waals surface area (Å²) in [6.07, 6.45) is 3.86. The van der Waals surface area contributed by atoms with Gasteiger partial charge in [-0.15, -0.1) is 0 Å². The second-order valence-corrected chi connectivity index (χ2v) is 6.83. The maximum atomic E-state index is 12.7. The summed E-state index contributed by atoms with van der Waals surface area (Å²) in [6.45, 7) is 6.16. The van der Waals surface area contributed by atoms with Crippen molar-refractivity contribution in [3.05, 3.63) is 18.0 Å². The van der Waals surface area contributed by atoms with Crippen molar-refractivity contribution in [2.45, 2.75) is 46.1 Å². The average molecular weight is 333 g/mol. The largest absolute Gasteiger partial charge is 0.295 e. The van der Waals surface area contributed by atoms with Gasteiger partial charge < -0.3 is 0 Å². The fraction of sp³-hybridized carbons (Fsp3) is 0.588. The maximum Gasteiger partial charge on any atom is 0.264 e. The van der Waals surface area contributed by atoms with Crippen molar-refractivity contribution in [2.75, 3.05) is 13.1 Å². The van der Waals surface area contributed by atoms with Crippen LogP contribution < -0.4 is 0 Å². The molecule has 7 heteroatoms. The molecule has 2 heterocycles. The Labute approximate surface area is 141 Å². The van der Waals surface area contributed by atoms with Gasteiger partial charge in [-0.05, 0) is 38.4 Å². The van der Waals surface area contributed by atoms with E-state index in [1.165, 1.54) is 23.9 Å². The summed E-state index contributed by atoms with van der Waals surface area (Å²) in [7, 11) is 0. The highest BCUT2D eigenvalue weighted by molar-refractivity contribution is 6.27. The molecule has 0 aliphatic carbocycles. The predicted molar refractivity (Wildman–Crippen MR) is 86.9 cm³/mol. The van der Waals surface area contributed by atoms with Crippen LogP contribution in [0.5, 0.6) is 0 Å². The molecule has 1 unspecified atom stereocenters. The van der Waals surface area contributed by atoms with Crippen LogP contribution in [0.3, 0.4) is 0 Å². The third kappa shape index (κ3) is 3.67. The summed E-state index contributed by atoms with van der Waals surface area (Å²) in [6, 6.07) is 1.18. The van der Waals surface area contributed by atoms with Crippen LogP contribution in [-0.4, -0.2) is 57.6 Å². The van der Waals surface area contributed by atoms with Crippen molar-refractivity contribution in [1.29, 1.82) is 0 Å². The van der Waals surface area contributed by atoms with Crippen LogP contribution in [0.2, 0.25) is 0 Å². The second-order valence-electron chi connectivity index (χ2n) is 6.83. The minimum Gasteiger partial charge on any atom is -0.295 e. The number of likely N-dealkylation sites (tertiary alicyclic amines) is 1. The molecule has 0 N–H and O–H groups in total. The fourth-order valence-corrected chi connectivity index (χ4v) is 2.97. The molecule has 0 amide bonds. The Morgan fingerprint density at radius 3 is 2.71 bits per heavy atom. The molecule has 1 saturated heterocycles. The summed E-state index contributed by atoms with van der Waals surface area (Å²) in [5, 5.41) is 3.99. The molecule has 2 rings (SSSR count). The molecular formula is C17H23N3O4. The average Bonchev–Trinajstić information content (AvgIpc) is 3.20. The van der Waals surface area contributed by atoms with Crippen LogP contribution in [0.4, 0.5) is 0 Å². The molecule has 7 nitrogen and oxygen atoms in total. The van der Waals surface area contributed by atoms with E-state index < -0.39 is 11.2 Å².